The largest absolute Gasteiger partial charge is 0.370 e. The van der Waals surface area contributed by atoms with E-state index in [2.05, 4.69) is 0 Å². The van der Waals surface area contributed by atoms with Gasteiger partial charge in [-0.15, -0.1) is 0 Å². The molecule has 0 N–H and O–H groups in total. The minimum absolute atomic E-state index is 0.0668. The number of ketones is 1. The van der Waals surface area contributed by atoms with Crippen LogP contribution in [0.4, 0.5) is 4.79 Å². The van der Waals surface area contributed by atoms with Crippen LogP contribution < -0.4 is 0 Å². The van der Waals surface area contributed by atoms with E-state index in [4.69, 9.17) is 27.9 Å². The first-order valence-electron chi connectivity index (χ1n) is 9.13. The van der Waals surface area contributed by atoms with Gasteiger partial charge in [0.15, 0.2) is 5.78 Å². The van der Waals surface area contributed by atoms with Crippen molar-refractivity contribution in [3.8, 4) is 0 Å². The quantitative estimate of drug-likeness (QED) is 0.728. The predicted molar refractivity (Wildman–Crippen MR) is 99.8 cm³/mol. The number of rotatable bonds is 1. The van der Waals surface area contributed by atoms with Crippen molar-refractivity contribution < 1.29 is 14.3 Å². The van der Waals surface area contributed by atoms with Gasteiger partial charge in [0.25, 0.3) is 0 Å². The lowest BCUT2D eigenvalue weighted by molar-refractivity contribution is -0.139. The highest BCUT2D eigenvalue weighted by Crippen LogP contribution is 2.33. The van der Waals surface area contributed by atoms with Crippen LogP contribution in [-0.4, -0.2) is 60.5 Å². The van der Waals surface area contributed by atoms with Crippen molar-refractivity contribution in [1.82, 2.24) is 9.80 Å². The molecule has 2 amide bonds. The molecule has 3 heterocycles. The SMILES string of the molecule is O=C1CO[C@H]2CCN(C(=O)N3CCC(c4cc(Cl)cc(Cl)c4)C3)C[C@H]2C1. The monoisotopic (exact) mass is 396 g/mol. The van der Waals surface area contributed by atoms with Crippen LogP contribution in [0.5, 0.6) is 0 Å². The van der Waals surface area contributed by atoms with Crippen LogP contribution in [0.3, 0.4) is 0 Å². The Hall–Kier alpha value is -1.30. The van der Waals surface area contributed by atoms with Crippen LogP contribution in [0.25, 0.3) is 0 Å². The van der Waals surface area contributed by atoms with E-state index in [1.165, 1.54) is 0 Å². The molecular weight excluding hydrogens is 375 g/mol. The number of amides is 2. The van der Waals surface area contributed by atoms with Gasteiger partial charge < -0.3 is 14.5 Å². The van der Waals surface area contributed by atoms with E-state index in [9.17, 15) is 9.59 Å². The number of likely N-dealkylation sites (tertiary alicyclic amines) is 2. The number of benzene rings is 1. The highest BCUT2D eigenvalue weighted by Gasteiger charge is 2.39. The van der Waals surface area contributed by atoms with Gasteiger partial charge in [-0.05, 0) is 36.6 Å². The zero-order chi connectivity index (χ0) is 18.3. The molecule has 0 saturated carbocycles. The number of fused-ring (bicyclic) bond motifs is 1. The molecule has 3 saturated heterocycles. The highest BCUT2D eigenvalue weighted by atomic mass is 35.5. The number of hydrogen-bond acceptors (Lipinski definition) is 3. The number of halogens is 2. The van der Waals surface area contributed by atoms with Crippen LogP contribution in [0.2, 0.25) is 10.0 Å². The molecule has 7 heteroatoms. The topological polar surface area (TPSA) is 49.9 Å². The van der Waals surface area contributed by atoms with Gasteiger partial charge in [0.1, 0.15) is 6.61 Å². The fourth-order valence-corrected chi connectivity index (χ4v) is 4.91. The number of nitrogens with zero attached hydrogens (tertiary/aromatic N) is 2. The number of urea groups is 1. The fourth-order valence-electron chi connectivity index (χ4n) is 4.37. The molecule has 0 radical (unpaired) electrons. The Bertz CT molecular complexity index is 706. The molecule has 26 heavy (non-hydrogen) atoms. The van der Waals surface area contributed by atoms with Crippen LogP contribution in [0.1, 0.15) is 30.7 Å². The molecule has 3 aliphatic rings. The summed E-state index contributed by atoms with van der Waals surface area (Å²) in [4.78, 5) is 28.4. The number of carbonyl (C=O) groups is 2. The van der Waals surface area contributed by atoms with Gasteiger partial charge >= 0.3 is 6.03 Å². The Morgan fingerprint density at radius 1 is 1.04 bits per heavy atom. The molecule has 1 aromatic carbocycles. The number of carbonyl (C=O) groups excluding carboxylic acids is 2. The highest BCUT2D eigenvalue weighted by molar-refractivity contribution is 6.34. The Labute approximate surface area is 163 Å². The summed E-state index contributed by atoms with van der Waals surface area (Å²) in [6, 6.07) is 5.66. The summed E-state index contributed by atoms with van der Waals surface area (Å²) in [7, 11) is 0. The Morgan fingerprint density at radius 3 is 2.50 bits per heavy atom. The van der Waals surface area contributed by atoms with E-state index in [1.54, 1.807) is 6.07 Å². The average Bonchev–Trinajstić information content (AvgIpc) is 3.09. The van der Waals surface area contributed by atoms with Crippen LogP contribution in [0.15, 0.2) is 18.2 Å². The van der Waals surface area contributed by atoms with Crippen molar-refractivity contribution >= 4 is 35.0 Å². The standard InChI is InChI=1S/C19H22Cl2N2O3/c20-15-5-13(6-16(21)8-15)12-1-3-22(9-12)19(25)23-4-2-18-14(10-23)7-17(24)11-26-18/h5-6,8,12,14,18H,1-4,7,9-11H2/t12?,14-,18+/m1/s1. The summed E-state index contributed by atoms with van der Waals surface area (Å²) in [5.74, 6) is 0.533. The second-order valence-electron chi connectivity index (χ2n) is 7.50. The molecule has 4 rings (SSSR count). The van der Waals surface area contributed by atoms with Crippen molar-refractivity contribution in [2.75, 3.05) is 32.8 Å². The first kappa shape index (κ1) is 18.1. The molecule has 0 aromatic heterocycles. The predicted octanol–water partition coefficient (Wildman–Crippen LogP) is 3.58. The van der Waals surface area contributed by atoms with Gasteiger partial charge in [0, 0.05) is 54.5 Å². The Balaban J connectivity index is 1.39. The lowest BCUT2D eigenvalue weighted by Crippen LogP contribution is -2.53. The van der Waals surface area contributed by atoms with Crippen molar-refractivity contribution in [1.29, 1.82) is 0 Å². The maximum Gasteiger partial charge on any atom is 0.320 e. The molecule has 3 atom stereocenters. The summed E-state index contributed by atoms with van der Waals surface area (Å²) in [6.07, 6.45) is 2.36. The van der Waals surface area contributed by atoms with E-state index in [0.29, 0.717) is 36.1 Å². The maximum atomic E-state index is 12.9. The number of Topliss-reactive ketones (excluding diaryl/α,β-unsaturated/α-hetero) is 1. The van der Waals surface area contributed by atoms with E-state index >= 15 is 0 Å². The van der Waals surface area contributed by atoms with Crippen molar-refractivity contribution in [3.63, 3.8) is 0 Å². The van der Waals surface area contributed by atoms with Crippen molar-refractivity contribution in [3.05, 3.63) is 33.8 Å². The third-order valence-corrected chi connectivity index (χ3v) is 6.13. The van der Waals surface area contributed by atoms with Gasteiger partial charge in [-0.3, -0.25) is 4.79 Å². The first-order chi connectivity index (χ1) is 12.5. The van der Waals surface area contributed by atoms with Crippen LogP contribution in [0, 0.1) is 5.92 Å². The lowest BCUT2D eigenvalue weighted by atomic mass is 9.88. The van der Waals surface area contributed by atoms with Crippen LogP contribution >= 0.6 is 23.2 Å². The smallest absolute Gasteiger partial charge is 0.320 e. The van der Waals surface area contributed by atoms with Gasteiger partial charge in [0.05, 0.1) is 6.10 Å². The summed E-state index contributed by atoms with van der Waals surface area (Å²) >= 11 is 12.2. The number of piperidine rings is 1. The summed E-state index contributed by atoms with van der Waals surface area (Å²) in [5.41, 5.74) is 1.09. The first-order valence-corrected chi connectivity index (χ1v) is 9.88. The van der Waals surface area contributed by atoms with Gasteiger partial charge in [-0.25, -0.2) is 4.79 Å². The fraction of sp³-hybridized carbons (Fsp3) is 0.579. The molecule has 5 nitrogen and oxygen atoms in total. The van der Waals surface area contributed by atoms with Crippen molar-refractivity contribution in [2.45, 2.75) is 31.3 Å². The molecule has 0 aliphatic carbocycles. The zero-order valence-corrected chi connectivity index (χ0v) is 16.0. The summed E-state index contributed by atoms with van der Waals surface area (Å²) < 4.78 is 5.62. The third-order valence-electron chi connectivity index (χ3n) is 5.70. The lowest BCUT2D eigenvalue weighted by Gasteiger charge is -2.41. The molecule has 1 unspecified atom stereocenters. The normalized spacial score (nSPS) is 29.0. The minimum atomic E-state index is 0.0668. The minimum Gasteiger partial charge on any atom is -0.370 e. The van der Waals surface area contributed by atoms with Gasteiger partial charge in [-0.1, -0.05) is 23.2 Å². The molecular formula is C19H22Cl2N2O3. The number of hydrogen-bond donors (Lipinski definition) is 0. The Morgan fingerprint density at radius 2 is 1.73 bits per heavy atom. The second kappa shape index (κ2) is 7.37. The molecule has 0 spiro atoms. The van der Waals surface area contributed by atoms with E-state index in [0.717, 1.165) is 24.9 Å². The number of ether oxygens (including phenoxy) is 1. The summed E-state index contributed by atoms with van der Waals surface area (Å²) in [6.45, 7) is 2.94. The van der Waals surface area contributed by atoms with Gasteiger partial charge in [0.2, 0.25) is 0 Å². The summed E-state index contributed by atoms with van der Waals surface area (Å²) in [5, 5.41) is 1.25. The molecule has 0 bridgehead atoms. The van der Waals surface area contributed by atoms with E-state index in [1.807, 2.05) is 21.9 Å². The van der Waals surface area contributed by atoms with Crippen LogP contribution in [-0.2, 0) is 9.53 Å². The van der Waals surface area contributed by atoms with Gasteiger partial charge in [-0.2, -0.15) is 0 Å². The second-order valence-corrected chi connectivity index (χ2v) is 8.38. The van der Waals surface area contributed by atoms with Crippen molar-refractivity contribution in [2.24, 2.45) is 5.92 Å². The Kier molecular flexibility index (Phi) is 5.13. The molecule has 3 fully saturated rings. The molecule has 140 valence electrons. The van der Waals surface area contributed by atoms with E-state index < -0.39 is 0 Å². The van der Waals surface area contributed by atoms with E-state index in [-0.39, 0.29) is 36.4 Å². The third kappa shape index (κ3) is 3.71. The maximum absolute atomic E-state index is 12.9. The molecule has 3 aliphatic heterocycles. The zero-order valence-electron chi connectivity index (χ0n) is 14.5. The molecule has 1 aromatic rings. The average molecular weight is 397 g/mol.